The molecule has 2 heterocycles. The Morgan fingerprint density at radius 2 is 1.83 bits per heavy atom. The summed E-state index contributed by atoms with van der Waals surface area (Å²) in [5.74, 6) is -0.331. The molecule has 3 rings (SSSR count). The average molecular weight is 413 g/mol. The summed E-state index contributed by atoms with van der Waals surface area (Å²) in [4.78, 5) is 19.7. The van der Waals surface area contributed by atoms with Crippen LogP contribution in [-0.4, -0.2) is 43.8 Å². The molecule has 0 bridgehead atoms. The van der Waals surface area contributed by atoms with Gasteiger partial charge in [-0.25, -0.2) is 14.1 Å². The molecule has 1 atom stereocenters. The topological polar surface area (TPSA) is 71.2 Å². The molecule has 0 aliphatic heterocycles. The molecule has 1 amide bonds. The van der Waals surface area contributed by atoms with Crippen molar-refractivity contribution in [2.24, 2.45) is 5.92 Å². The Morgan fingerprint density at radius 3 is 2.43 bits per heavy atom. The molecule has 6 nitrogen and oxygen atoms in total. The van der Waals surface area contributed by atoms with Crippen LogP contribution in [0, 0.1) is 18.7 Å². The Balaban J connectivity index is 1.91. The smallest absolute Gasteiger partial charge is 0.255 e. The first-order valence-electron chi connectivity index (χ1n) is 10.2. The number of carbonyl (C=O) groups is 1. The molecule has 0 fully saturated rings. The molecule has 0 spiro atoms. The lowest BCUT2D eigenvalue weighted by atomic mass is 10.1. The number of fused-ring (bicyclic) bond motifs is 1. The fourth-order valence-corrected chi connectivity index (χ4v) is 3.51. The highest BCUT2D eigenvalue weighted by Crippen LogP contribution is 2.22. The van der Waals surface area contributed by atoms with Gasteiger partial charge < -0.3 is 10.0 Å². The predicted octanol–water partition coefficient (Wildman–Crippen LogP) is 4.29. The monoisotopic (exact) mass is 412 g/mol. The maximum absolute atomic E-state index is 13.4. The molecule has 1 aromatic carbocycles. The highest BCUT2D eigenvalue weighted by molar-refractivity contribution is 5.98. The number of amides is 1. The van der Waals surface area contributed by atoms with E-state index in [1.54, 1.807) is 11.1 Å². The van der Waals surface area contributed by atoms with Crippen molar-refractivity contribution in [1.29, 1.82) is 0 Å². The van der Waals surface area contributed by atoms with Gasteiger partial charge in [-0.2, -0.15) is 5.10 Å². The van der Waals surface area contributed by atoms with Crippen LogP contribution in [0.5, 0.6) is 0 Å². The van der Waals surface area contributed by atoms with Gasteiger partial charge in [0.1, 0.15) is 5.82 Å². The third-order valence-corrected chi connectivity index (χ3v) is 5.00. The SMILES string of the molecule is Cc1nc2c(cnn2C(C)C)cc1C(=O)N(CC(C)C)C[C@@H](O)c1ccc(F)cc1. The summed E-state index contributed by atoms with van der Waals surface area (Å²) in [5.41, 5.74) is 2.44. The van der Waals surface area contributed by atoms with Crippen LogP contribution in [-0.2, 0) is 0 Å². The van der Waals surface area contributed by atoms with E-state index in [9.17, 15) is 14.3 Å². The second kappa shape index (κ2) is 8.92. The summed E-state index contributed by atoms with van der Waals surface area (Å²) in [6.45, 7) is 10.5. The number of carbonyl (C=O) groups excluding carboxylic acids is 1. The number of halogens is 1. The molecule has 0 saturated carbocycles. The van der Waals surface area contributed by atoms with Gasteiger partial charge in [0.05, 0.1) is 30.1 Å². The zero-order valence-electron chi connectivity index (χ0n) is 18.1. The number of nitrogens with zero attached hydrogens (tertiary/aromatic N) is 4. The second-order valence-electron chi connectivity index (χ2n) is 8.39. The highest BCUT2D eigenvalue weighted by Gasteiger charge is 2.24. The third-order valence-electron chi connectivity index (χ3n) is 5.00. The van der Waals surface area contributed by atoms with Crippen molar-refractivity contribution in [3.8, 4) is 0 Å². The molecule has 1 N–H and O–H groups in total. The van der Waals surface area contributed by atoms with Crippen LogP contribution >= 0.6 is 0 Å². The molecule has 0 unspecified atom stereocenters. The van der Waals surface area contributed by atoms with Crippen LogP contribution in [0.15, 0.2) is 36.5 Å². The second-order valence-corrected chi connectivity index (χ2v) is 8.39. The van der Waals surface area contributed by atoms with E-state index in [-0.39, 0.29) is 30.2 Å². The van der Waals surface area contributed by atoms with Crippen LogP contribution in [0.25, 0.3) is 11.0 Å². The van der Waals surface area contributed by atoms with Gasteiger partial charge in [0, 0.05) is 18.0 Å². The Morgan fingerprint density at radius 1 is 1.17 bits per heavy atom. The molecule has 160 valence electrons. The molecule has 0 aliphatic rings. The standard InChI is InChI=1S/C23H29FN4O2/c1-14(2)12-27(13-21(29)17-6-8-19(24)9-7-17)23(30)20-10-18-11-25-28(15(3)4)22(18)26-16(20)5/h6-11,14-15,21,29H,12-13H2,1-5H3/t21-/m1/s1. The number of benzene rings is 1. The van der Waals surface area contributed by atoms with Crippen molar-refractivity contribution in [2.75, 3.05) is 13.1 Å². The minimum absolute atomic E-state index is 0.116. The summed E-state index contributed by atoms with van der Waals surface area (Å²) in [5, 5.41) is 15.8. The van der Waals surface area contributed by atoms with E-state index < -0.39 is 6.10 Å². The quantitative estimate of drug-likeness (QED) is 0.628. The number of aliphatic hydroxyl groups is 1. The Kier molecular flexibility index (Phi) is 6.51. The fraction of sp³-hybridized carbons (Fsp3) is 0.435. The van der Waals surface area contributed by atoms with Gasteiger partial charge in [-0.1, -0.05) is 26.0 Å². The van der Waals surface area contributed by atoms with Crippen molar-refractivity contribution in [2.45, 2.75) is 46.8 Å². The van der Waals surface area contributed by atoms with Crippen LogP contribution in [0.4, 0.5) is 4.39 Å². The summed E-state index contributed by atoms with van der Waals surface area (Å²) in [6.07, 6.45) is 0.813. The van der Waals surface area contributed by atoms with E-state index in [2.05, 4.69) is 10.1 Å². The number of aromatic nitrogens is 3. The Bertz CT molecular complexity index is 1030. The average Bonchev–Trinajstić information content (AvgIpc) is 3.09. The van der Waals surface area contributed by atoms with Crippen LogP contribution < -0.4 is 0 Å². The van der Waals surface area contributed by atoms with Crippen molar-refractivity contribution >= 4 is 16.9 Å². The number of aryl methyl sites for hydroxylation is 1. The number of aliphatic hydroxyl groups excluding tert-OH is 1. The normalized spacial score (nSPS) is 12.7. The molecule has 0 saturated heterocycles. The van der Waals surface area contributed by atoms with Gasteiger partial charge in [-0.3, -0.25) is 4.79 Å². The molecule has 3 aromatic rings. The number of hydrogen-bond acceptors (Lipinski definition) is 4. The van der Waals surface area contributed by atoms with E-state index in [4.69, 9.17) is 0 Å². The first-order valence-corrected chi connectivity index (χ1v) is 10.2. The molecule has 0 aliphatic carbocycles. The van der Waals surface area contributed by atoms with E-state index in [0.717, 1.165) is 11.0 Å². The molecule has 7 heteroatoms. The van der Waals surface area contributed by atoms with Gasteiger partial charge in [0.2, 0.25) is 0 Å². The van der Waals surface area contributed by atoms with E-state index in [1.165, 1.54) is 24.3 Å². The molecule has 2 aromatic heterocycles. The van der Waals surface area contributed by atoms with Crippen molar-refractivity contribution in [1.82, 2.24) is 19.7 Å². The van der Waals surface area contributed by atoms with Crippen LogP contribution in [0.1, 0.15) is 61.5 Å². The Labute approximate surface area is 176 Å². The maximum atomic E-state index is 13.4. The maximum Gasteiger partial charge on any atom is 0.255 e. The zero-order chi connectivity index (χ0) is 22.0. The van der Waals surface area contributed by atoms with E-state index in [0.29, 0.717) is 23.4 Å². The van der Waals surface area contributed by atoms with E-state index >= 15 is 0 Å². The van der Waals surface area contributed by atoms with Gasteiger partial charge in [0.25, 0.3) is 5.91 Å². The number of hydrogen-bond donors (Lipinski definition) is 1. The van der Waals surface area contributed by atoms with Crippen LogP contribution in [0.2, 0.25) is 0 Å². The first-order chi connectivity index (χ1) is 14.2. The zero-order valence-corrected chi connectivity index (χ0v) is 18.1. The predicted molar refractivity (Wildman–Crippen MR) is 115 cm³/mol. The molecule has 0 radical (unpaired) electrons. The van der Waals surface area contributed by atoms with E-state index in [1.807, 2.05) is 45.4 Å². The summed E-state index contributed by atoms with van der Waals surface area (Å²) in [7, 11) is 0. The molecule has 30 heavy (non-hydrogen) atoms. The van der Waals surface area contributed by atoms with Crippen molar-refractivity contribution in [3.05, 3.63) is 59.2 Å². The number of rotatable bonds is 7. The lowest BCUT2D eigenvalue weighted by Crippen LogP contribution is -2.38. The number of pyridine rings is 1. The highest BCUT2D eigenvalue weighted by atomic mass is 19.1. The van der Waals surface area contributed by atoms with Crippen LogP contribution in [0.3, 0.4) is 0 Å². The van der Waals surface area contributed by atoms with Gasteiger partial charge >= 0.3 is 0 Å². The summed E-state index contributed by atoms with van der Waals surface area (Å²) >= 11 is 0. The van der Waals surface area contributed by atoms with Crippen molar-refractivity contribution < 1.29 is 14.3 Å². The Hall–Kier alpha value is -2.80. The molecular formula is C23H29FN4O2. The lowest BCUT2D eigenvalue weighted by molar-refractivity contribution is 0.0593. The minimum Gasteiger partial charge on any atom is -0.387 e. The largest absolute Gasteiger partial charge is 0.387 e. The first kappa shape index (κ1) is 21.9. The summed E-state index contributed by atoms with van der Waals surface area (Å²) in [6, 6.07) is 7.68. The van der Waals surface area contributed by atoms with Gasteiger partial charge in [0.15, 0.2) is 5.65 Å². The minimum atomic E-state index is -0.908. The summed E-state index contributed by atoms with van der Waals surface area (Å²) < 4.78 is 15.0. The van der Waals surface area contributed by atoms with Crippen molar-refractivity contribution in [3.63, 3.8) is 0 Å². The van der Waals surface area contributed by atoms with Gasteiger partial charge in [-0.05, 0) is 50.5 Å². The third kappa shape index (κ3) is 4.67. The lowest BCUT2D eigenvalue weighted by Gasteiger charge is -2.27. The fourth-order valence-electron chi connectivity index (χ4n) is 3.51. The molecular weight excluding hydrogens is 383 g/mol. The van der Waals surface area contributed by atoms with Gasteiger partial charge in [-0.15, -0.1) is 0 Å².